The fourth-order valence-electron chi connectivity index (χ4n) is 3.86. The molecule has 1 aromatic carbocycles. The van der Waals surface area contributed by atoms with E-state index in [1.54, 1.807) is 0 Å². The Balaban J connectivity index is 1.46. The molecule has 1 saturated heterocycles. The van der Waals surface area contributed by atoms with Crippen LogP contribution in [0.3, 0.4) is 0 Å². The van der Waals surface area contributed by atoms with E-state index in [0.717, 1.165) is 36.8 Å². The molecule has 0 aliphatic carbocycles. The first kappa shape index (κ1) is 15.4. The molecule has 0 amide bonds. The van der Waals surface area contributed by atoms with E-state index >= 15 is 0 Å². The molecule has 5 heteroatoms. The molecule has 1 aliphatic heterocycles. The zero-order chi connectivity index (χ0) is 16.5. The Bertz CT molecular complexity index is 831. The molecule has 3 aromatic rings. The van der Waals surface area contributed by atoms with Crippen molar-refractivity contribution in [1.82, 2.24) is 24.0 Å². The molecular formula is C19H25N5. The van der Waals surface area contributed by atoms with Crippen LogP contribution in [0.15, 0.2) is 36.7 Å². The zero-order valence-electron chi connectivity index (χ0n) is 14.5. The molecule has 2 aromatic heterocycles. The second-order valence-electron chi connectivity index (χ2n) is 6.95. The van der Waals surface area contributed by atoms with Crippen LogP contribution in [-0.4, -0.2) is 37.1 Å². The van der Waals surface area contributed by atoms with E-state index in [9.17, 15) is 0 Å². The first-order chi connectivity index (χ1) is 11.7. The lowest BCUT2D eigenvalue weighted by Crippen LogP contribution is -2.37. The molecule has 1 atom stereocenters. The number of benzene rings is 1. The SMILES string of the molecule is Cc1nccn1C[C@@H]1CCCN(Cc2nc3ccccc3n2C)C1. The molecule has 3 heterocycles. The van der Waals surface area contributed by atoms with Gasteiger partial charge in [-0.2, -0.15) is 0 Å². The predicted octanol–water partition coefficient (Wildman–Crippen LogP) is 2.99. The molecule has 5 nitrogen and oxygen atoms in total. The highest BCUT2D eigenvalue weighted by Gasteiger charge is 2.22. The number of likely N-dealkylation sites (tertiary alicyclic amines) is 1. The van der Waals surface area contributed by atoms with Crippen molar-refractivity contribution < 1.29 is 0 Å². The van der Waals surface area contributed by atoms with Crippen LogP contribution in [0.1, 0.15) is 24.5 Å². The van der Waals surface area contributed by atoms with Crippen LogP contribution in [0.4, 0.5) is 0 Å². The number of fused-ring (bicyclic) bond motifs is 1. The second kappa shape index (κ2) is 6.40. The molecule has 1 fully saturated rings. The van der Waals surface area contributed by atoms with Crippen LogP contribution < -0.4 is 0 Å². The lowest BCUT2D eigenvalue weighted by Gasteiger charge is -2.32. The van der Waals surface area contributed by atoms with Gasteiger partial charge in [0.15, 0.2) is 0 Å². The summed E-state index contributed by atoms with van der Waals surface area (Å²) in [6.45, 7) is 6.40. The Kier molecular flexibility index (Phi) is 4.10. The van der Waals surface area contributed by atoms with E-state index in [2.05, 4.69) is 63.5 Å². The lowest BCUT2D eigenvalue weighted by atomic mass is 9.98. The van der Waals surface area contributed by atoms with Crippen LogP contribution in [0.5, 0.6) is 0 Å². The summed E-state index contributed by atoms with van der Waals surface area (Å²) in [7, 11) is 2.13. The minimum atomic E-state index is 0.696. The number of para-hydroxylation sites is 2. The van der Waals surface area contributed by atoms with Crippen LogP contribution >= 0.6 is 0 Å². The number of nitrogens with zero attached hydrogens (tertiary/aromatic N) is 5. The van der Waals surface area contributed by atoms with Gasteiger partial charge in [0, 0.05) is 32.5 Å². The van der Waals surface area contributed by atoms with E-state index in [0.29, 0.717) is 5.92 Å². The van der Waals surface area contributed by atoms with Crippen molar-refractivity contribution in [3.8, 4) is 0 Å². The maximum absolute atomic E-state index is 4.83. The average molecular weight is 323 g/mol. The number of rotatable bonds is 4. The number of hydrogen-bond acceptors (Lipinski definition) is 3. The van der Waals surface area contributed by atoms with Crippen molar-refractivity contribution in [3.05, 3.63) is 48.3 Å². The topological polar surface area (TPSA) is 38.9 Å². The maximum atomic E-state index is 4.83. The third kappa shape index (κ3) is 2.96. The largest absolute Gasteiger partial charge is 0.335 e. The molecule has 4 rings (SSSR count). The highest BCUT2D eigenvalue weighted by atomic mass is 15.2. The Morgan fingerprint density at radius 3 is 2.92 bits per heavy atom. The van der Waals surface area contributed by atoms with Gasteiger partial charge in [-0.15, -0.1) is 0 Å². The van der Waals surface area contributed by atoms with E-state index < -0.39 is 0 Å². The van der Waals surface area contributed by atoms with Crippen molar-refractivity contribution >= 4 is 11.0 Å². The van der Waals surface area contributed by atoms with Crippen LogP contribution in [-0.2, 0) is 20.1 Å². The molecule has 126 valence electrons. The summed E-state index contributed by atoms with van der Waals surface area (Å²) < 4.78 is 4.52. The fraction of sp³-hybridized carbons (Fsp3) is 0.474. The average Bonchev–Trinajstić information content (AvgIpc) is 3.13. The third-order valence-electron chi connectivity index (χ3n) is 5.23. The molecule has 0 saturated carbocycles. The number of aromatic nitrogens is 4. The van der Waals surface area contributed by atoms with Gasteiger partial charge in [-0.3, -0.25) is 4.90 Å². The Morgan fingerprint density at radius 1 is 1.25 bits per heavy atom. The van der Waals surface area contributed by atoms with Gasteiger partial charge in [-0.1, -0.05) is 12.1 Å². The first-order valence-electron chi connectivity index (χ1n) is 8.81. The van der Waals surface area contributed by atoms with Gasteiger partial charge in [-0.25, -0.2) is 9.97 Å². The highest BCUT2D eigenvalue weighted by Crippen LogP contribution is 2.22. The van der Waals surface area contributed by atoms with E-state index in [1.165, 1.54) is 24.9 Å². The van der Waals surface area contributed by atoms with Gasteiger partial charge in [0.2, 0.25) is 0 Å². The summed E-state index contributed by atoms with van der Waals surface area (Å²) in [6, 6.07) is 8.38. The van der Waals surface area contributed by atoms with Gasteiger partial charge in [-0.05, 0) is 44.4 Å². The summed E-state index contributed by atoms with van der Waals surface area (Å²) in [4.78, 5) is 11.7. The highest BCUT2D eigenvalue weighted by molar-refractivity contribution is 5.75. The predicted molar refractivity (Wildman–Crippen MR) is 95.7 cm³/mol. The van der Waals surface area contributed by atoms with Gasteiger partial charge >= 0.3 is 0 Å². The molecule has 0 N–H and O–H groups in total. The van der Waals surface area contributed by atoms with Crippen molar-refractivity contribution in [3.63, 3.8) is 0 Å². The van der Waals surface area contributed by atoms with Gasteiger partial charge < -0.3 is 9.13 Å². The Morgan fingerprint density at radius 2 is 2.12 bits per heavy atom. The Labute approximate surface area is 142 Å². The van der Waals surface area contributed by atoms with Crippen LogP contribution in [0.25, 0.3) is 11.0 Å². The van der Waals surface area contributed by atoms with Crippen LogP contribution in [0, 0.1) is 12.8 Å². The van der Waals surface area contributed by atoms with Crippen molar-refractivity contribution in [1.29, 1.82) is 0 Å². The zero-order valence-corrected chi connectivity index (χ0v) is 14.5. The normalized spacial score (nSPS) is 19.2. The molecule has 0 unspecified atom stereocenters. The summed E-state index contributed by atoms with van der Waals surface area (Å²) in [5.74, 6) is 2.97. The molecule has 0 spiro atoms. The number of hydrogen-bond donors (Lipinski definition) is 0. The van der Waals surface area contributed by atoms with Crippen molar-refractivity contribution in [2.45, 2.75) is 32.9 Å². The third-order valence-corrected chi connectivity index (χ3v) is 5.23. The smallest absolute Gasteiger partial charge is 0.123 e. The standard InChI is InChI=1S/C19H25N5/c1-15-20-9-11-24(15)13-16-6-5-10-23(12-16)14-19-21-17-7-3-4-8-18(17)22(19)2/h3-4,7-9,11,16H,5-6,10,12-14H2,1-2H3/t16-/m1/s1. The summed E-state index contributed by atoms with van der Waals surface area (Å²) in [5.41, 5.74) is 2.31. The van der Waals surface area contributed by atoms with Gasteiger partial charge in [0.25, 0.3) is 0 Å². The molecular weight excluding hydrogens is 298 g/mol. The maximum Gasteiger partial charge on any atom is 0.123 e. The summed E-state index contributed by atoms with van der Waals surface area (Å²) in [6.07, 6.45) is 6.56. The minimum Gasteiger partial charge on any atom is -0.335 e. The lowest BCUT2D eigenvalue weighted by molar-refractivity contribution is 0.151. The van der Waals surface area contributed by atoms with Crippen molar-refractivity contribution in [2.75, 3.05) is 13.1 Å². The van der Waals surface area contributed by atoms with Crippen LogP contribution in [0.2, 0.25) is 0 Å². The van der Waals surface area contributed by atoms with E-state index in [-0.39, 0.29) is 0 Å². The summed E-state index contributed by atoms with van der Waals surface area (Å²) in [5, 5.41) is 0. The summed E-state index contributed by atoms with van der Waals surface area (Å²) >= 11 is 0. The number of piperidine rings is 1. The van der Waals surface area contributed by atoms with E-state index in [1.807, 2.05) is 6.20 Å². The molecule has 24 heavy (non-hydrogen) atoms. The monoisotopic (exact) mass is 323 g/mol. The molecule has 0 bridgehead atoms. The molecule has 1 aliphatic rings. The first-order valence-corrected chi connectivity index (χ1v) is 8.81. The Hall–Kier alpha value is -2.14. The number of imidazole rings is 2. The van der Waals surface area contributed by atoms with Gasteiger partial charge in [0.1, 0.15) is 11.6 Å². The quantitative estimate of drug-likeness (QED) is 0.741. The number of aryl methyl sites for hydroxylation is 2. The van der Waals surface area contributed by atoms with Gasteiger partial charge in [0.05, 0.1) is 17.6 Å². The second-order valence-corrected chi connectivity index (χ2v) is 6.95. The minimum absolute atomic E-state index is 0.696. The van der Waals surface area contributed by atoms with Crippen molar-refractivity contribution in [2.24, 2.45) is 13.0 Å². The molecule has 0 radical (unpaired) electrons. The van der Waals surface area contributed by atoms with E-state index in [4.69, 9.17) is 4.98 Å². The fourth-order valence-corrected chi connectivity index (χ4v) is 3.86.